The van der Waals surface area contributed by atoms with Crippen molar-refractivity contribution in [1.82, 2.24) is 19.9 Å². The van der Waals surface area contributed by atoms with E-state index in [-0.39, 0.29) is 0 Å². The fourth-order valence-corrected chi connectivity index (χ4v) is 1.61. The first-order valence-corrected chi connectivity index (χ1v) is 5.81. The smallest absolute Gasteiger partial charge is 0.135 e. The molecule has 0 aromatic carbocycles. The van der Waals surface area contributed by atoms with Crippen LogP contribution in [0.4, 0.5) is 11.6 Å². The normalized spacial score (nSPS) is 10.3. The molecule has 0 unspecified atom stereocenters. The van der Waals surface area contributed by atoms with E-state index in [1.165, 1.54) is 6.33 Å². The second kappa shape index (κ2) is 5.39. The number of nitrogen functional groups attached to an aromatic ring is 1. The highest BCUT2D eigenvalue weighted by atomic mass is 15.0. The van der Waals surface area contributed by atoms with Crippen molar-refractivity contribution in [2.24, 2.45) is 0 Å². The zero-order valence-corrected chi connectivity index (χ0v) is 10.5. The molecule has 2 aromatic rings. The van der Waals surface area contributed by atoms with Crippen LogP contribution in [-0.2, 0) is 13.0 Å². The maximum absolute atomic E-state index is 5.80. The van der Waals surface area contributed by atoms with Crippen molar-refractivity contribution in [1.29, 1.82) is 0 Å². The average Bonchev–Trinajstić information content (AvgIpc) is 2.38. The number of hydrogen-bond acceptors (Lipinski definition) is 6. The van der Waals surface area contributed by atoms with Crippen molar-refractivity contribution in [3.63, 3.8) is 0 Å². The van der Waals surface area contributed by atoms with E-state index in [1.54, 1.807) is 12.4 Å². The van der Waals surface area contributed by atoms with E-state index in [0.717, 1.165) is 29.2 Å². The van der Waals surface area contributed by atoms with Gasteiger partial charge in [-0.1, -0.05) is 6.92 Å². The van der Waals surface area contributed by atoms with Gasteiger partial charge in [0.2, 0.25) is 0 Å². The van der Waals surface area contributed by atoms with E-state index in [9.17, 15) is 0 Å². The van der Waals surface area contributed by atoms with E-state index in [4.69, 9.17) is 5.73 Å². The van der Waals surface area contributed by atoms with Gasteiger partial charge in [0.25, 0.3) is 0 Å². The summed E-state index contributed by atoms with van der Waals surface area (Å²) >= 11 is 0. The summed E-state index contributed by atoms with van der Waals surface area (Å²) in [7, 11) is 0. The Hall–Kier alpha value is -2.24. The molecule has 0 aliphatic rings. The summed E-state index contributed by atoms with van der Waals surface area (Å²) in [6.07, 6.45) is 5.73. The topological polar surface area (TPSA) is 89.6 Å². The van der Waals surface area contributed by atoms with Crippen molar-refractivity contribution < 1.29 is 0 Å². The number of anilines is 2. The van der Waals surface area contributed by atoms with E-state index in [1.807, 2.05) is 13.8 Å². The minimum absolute atomic E-state index is 0.519. The third-order valence-electron chi connectivity index (χ3n) is 2.60. The van der Waals surface area contributed by atoms with Crippen LogP contribution >= 0.6 is 0 Å². The van der Waals surface area contributed by atoms with Gasteiger partial charge >= 0.3 is 0 Å². The Bertz CT molecular complexity index is 523. The Balaban J connectivity index is 2.10. The minimum atomic E-state index is 0.519. The Morgan fingerprint density at radius 3 is 2.67 bits per heavy atom. The summed E-state index contributed by atoms with van der Waals surface area (Å²) in [4.78, 5) is 16.6. The zero-order chi connectivity index (χ0) is 13.0. The van der Waals surface area contributed by atoms with E-state index < -0.39 is 0 Å². The second-order valence-corrected chi connectivity index (χ2v) is 3.94. The minimum Gasteiger partial charge on any atom is -0.383 e. The van der Waals surface area contributed by atoms with Crippen LogP contribution in [-0.4, -0.2) is 19.9 Å². The van der Waals surface area contributed by atoms with Gasteiger partial charge in [0.1, 0.15) is 18.0 Å². The largest absolute Gasteiger partial charge is 0.383 e. The molecule has 0 bridgehead atoms. The van der Waals surface area contributed by atoms with Crippen molar-refractivity contribution >= 4 is 11.6 Å². The lowest BCUT2D eigenvalue weighted by molar-refractivity contribution is 0.959. The second-order valence-electron chi connectivity index (χ2n) is 3.94. The van der Waals surface area contributed by atoms with Gasteiger partial charge in [0.05, 0.1) is 24.1 Å². The lowest BCUT2D eigenvalue weighted by Crippen LogP contribution is -2.09. The molecule has 0 saturated carbocycles. The highest BCUT2D eigenvalue weighted by Crippen LogP contribution is 2.17. The first-order chi connectivity index (χ1) is 8.70. The molecule has 94 valence electrons. The van der Waals surface area contributed by atoms with Gasteiger partial charge in [0, 0.05) is 11.8 Å². The highest BCUT2D eigenvalue weighted by molar-refractivity contribution is 5.54. The Morgan fingerprint density at radius 1 is 1.17 bits per heavy atom. The number of aryl methyl sites for hydroxylation is 1. The summed E-state index contributed by atoms with van der Waals surface area (Å²) in [5, 5.41) is 3.21. The molecule has 2 rings (SSSR count). The zero-order valence-electron chi connectivity index (χ0n) is 10.5. The van der Waals surface area contributed by atoms with Crippen molar-refractivity contribution in [2.45, 2.75) is 26.8 Å². The van der Waals surface area contributed by atoms with Crippen molar-refractivity contribution in [3.8, 4) is 0 Å². The summed E-state index contributed by atoms with van der Waals surface area (Å²) in [6.45, 7) is 4.49. The molecule has 0 spiro atoms. The quantitative estimate of drug-likeness (QED) is 0.843. The van der Waals surface area contributed by atoms with Crippen LogP contribution in [0.1, 0.15) is 23.9 Å². The summed E-state index contributed by atoms with van der Waals surface area (Å²) in [5.74, 6) is 1.28. The van der Waals surface area contributed by atoms with Gasteiger partial charge in [0.15, 0.2) is 0 Å². The number of nitrogens with two attached hydrogens (primary N) is 1. The predicted molar refractivity (Wildman–Crippen MR) is 69.9 cm³/mol. The molecule has 2 aromatic heterocycles. The number of aromatic nitrogens is 4. The molecule has 18 heavy (non-hydrogen) atoms. The van der Waals surface area contributed by atoms with Gasteiger partial charge in [-0.2, -0.15) is 0 Å². The fraction of sp³-hybridized carbons (Fsp3) is 0.333. The van der Waals surface area contributed by atoms with Gasteiger partial charge in [-0.25, -0.2) is 9.97 Å². The third kappa shape index (κ3) is 2.71. The Morgan fingerprint density at radius 2 is 2.00 bits per heavy atom. The van der Waals surface area contributed by atoms with Crippen LogP contribution in [0, 0.1) is 6.92 Å². The molecule has 0 fully saturated rings. The van der Waals surface area contributed by atoms with Crippen LogP contribution in [0.3, 0.4) is 0 Å². The van der Waals surface area contributed by atoms with E-state index >= 15 is 0 Å². The van der Waals surface area contributed by atoms with Gasteiger partial charge in [-0.15, -0.1) is 0 Å². The number of hydrogen-bond donors (Lipinski definition) is 2. The molecule has 0 atom stereocenters. The van der Waals surface area contributed by atoms with Crippen LogP contribution in [0.2, 0.25) is 0 Å². The fourth-order valence-electron chi connectivity index (χ4n) is 1.61. The van der Waals surface area contributed by atoms with Crippen molar-refractivity contribution in [2.75, 3.05) is 11.1 Å². The molecule has 0 aliphatic carbocycles. The first kappa shape index (κ1) is 12.2. The maximum atomic E-state index is 5.80. The average molecular weight is 244 g/mol. The summed E-state index contributed by atoms with van der Waals surface area (Å²) in [5.41, 5.74) is 8.49. The van der Waals surface area contributed by atoms with Crippen LogP contribution in [0.5, 0.6) is 0 Å². The maximum Gasteiger partial charge on any atom is 0.135 e. The lowest BCUT2D eigenvalue weighted by atomic mass is 10.2. The molecule has 6 nitrogen and oxygen atoms in total. The van der Waals surface area contributed by atoms with Gasteiger partial charge < -0.3 is 11.1 Å². The van der Waals surface area contributed by atoms with Crippen LogP contribution in [0.15, 0.2) is 18.7 Å². The first-order valence-electron chi connectivity index (χ1n) is 5.81. The SMILES string of the molecule is CCc1c(N)ncnc1NCc1cnc(C)cn1. The molecule has 0 saturated heterocycles. The molecule has 6 heteroatoms. The molecule has 2 heterocycles. The summed E-state index contributed by atoms with van der Waals surface area (Å²) < 4.78 is 0. The van der Waals surface area contributed by atoms with Crippen LogP contribution < -0.4 is 11.1 Å². The predicted octanol–water partition coefficient (Wildman–Crippen LogP) is 1.33. The molecule has 0 aliphatic heterocycles. The number of nitrogens with one attached hydrogen (secondary N) is 1. The highest BCUT2D eigenvalue weighted by Gasteiger charge is 2.06. The van der Waals surface area contributed by atoms with Crippen molar-refractivity contribution in [3.05, 3.63) is 35.7 Å². The molecule has 0 amide bonds. The Kier molecular flexibility index (Phi) is 3.66. The molecular formula is C12H16N6. The molecular weight excluding hydrogens is 228 g/mol. The number of nitrogens with zero attached hydrogens (tertiary/aromatic N) is 4. The van der Waals surface area contributed by atoms with Gasteiger partial charge in [-0.3, -0.25) is 9.97 Å². The summed E-state index contributed by atoms with van der Waals surface area (Å²) in [6, 6.07) is 0. The third-order valence-corrected chi connectivity index (χ3v) is 2.60. The molecule has 0 radical (unpaired) electrons. The lowest BCUT2D eigenvalue weighted by Gasteiger charge is -2.10. The monoisotopic (exact) mass is 244 g/mol. The van der Waals surface area contributed by atoms with Crippen LogP contribution in [0.25, 0.3) is 0 Å². The standard InChI is InChI=1S/C12H16N6/c1-3-10-11(13)17-7-18-12(10)16-6-9-5-14-8(2)4-15-9/h4-5,7H,3,6H2,1-2H3,(H3,13,16,17,18). The molecule has 3 N–H and O–H groups in total. The number of rotatable bonds is 4. The van der Waals surface area contributed by atoms with Gasteiger partial charge in [-0.05, 0) is 13.3 Å². The van der Waals surface area contributed by atoms with E-state index in [0.29, 0.717) is 12.4 Å². The Labute approximate surface area is 106 Å². The van der Waals surface area contributed by atoms with E-state index in [2.05, 4.69) is 25.3 Å².